The molecule has 0 saturated carbocycles. The van der Waals surface area contributed by atoms with E-state index in [0.717, 1.165) is 33.5 Å². The number of nitrogens with one attached hydrogen (secondary N) is 1. The zero-order valence-corrected chi connectivity index (χ0v) is 28.8. The lowest BCUT2D eigenvalue weighted by molar-refractivity contribution is -0.714. The Balaban J connectivity index is 1.69. The minimum atomic E-state index is -4.72. The molecule has 1 amide bonds. The number of hydrazine groups is 1. The van der Waals surface area contributed by atoms with Gasteiger partial charge >= 0.3 is 18.2 Å². The SMILES string of the molecule is Cc1ccc(-c2cc(C(F)(F)F)nn2-c2ccc(S(=O)(=O)NC(=O)OC[C@H](CC(C)C)N(C)[N+]([O-])=NOCOC(=O)C(C)(C)C)cc2)cc1. The summed E-state index contributed by atoms with van der Waals surface area (Å²) in [4.78, 5) is 28.8. The van der Waals surface area contributed by atoms with Gasteiger partial charge in [-0.25, -0.2) is 22.6 Å². The second-order valence-corrected chi connectivity index (χ2v) is 14.2. The monoisotopic (exact) mass is 712 g/mol. The number of rotatable bonds is 13. The number of carbonyl (C=O) groups is 2. The zero-order valence-electron chi connectivity index (χ0n) is 28.0. The van der Waals surface area contributed by atoms with Crippen molar-refractivity contribution >= 4 is 22.1 Å². The van der Waals surface area contributed by atoms with E-state index in [4.69, 9.17) is 14.3 Å². The smallest absolute Gasteiger partial charge is 0.435 e. The predicted octanol–water partition coefficient (Wildman–Crippen LogP) is 5.98. The molecule has 0 saturated heterocycles. The number of esters is 1. The summed E-state index contributed by atoms with van der Waals surface area (Å²) in [6, 6.07) is 11.6. The number of ether oxygens (including phenoxy) is 2. The van der Waals surface area contributed by atoms with Crippen molar-refractivity contribution in [3.8, 4) is 16.9 Å². The van der Waals surface area contributed by atoms with E-state index in [1.54, 1.807) is 49.8 Å². The molecular weight excluding hydrogens is 673 g/mol. The van der Waals surface area contributed by atoms with Crippen LogP contribution in [-0.4, -0.2) is 66.7 Å². The van der Waals surface area contributed by atoms with Gasteiger partial charge in [-0.3, -0.25) is 4.79 Å². The molecule has 14 nitrogen and oxygen atoms in total. The van der Waals surface area contributed by atoms with Crippen molar-refractivity contribution in [2.75, 3.05) is 20.4 Å². The fourth-order valence-electron chi connectivity index (χ4n) is 4.22. The second kappa shape index (κ2) is 15.6. The Hall–Kier alpha value is -4.87. The first-order chi connectivity index (χ1) is 22.7. The maximum atomic E-state index is 13.5. The van der Waals surface area contributed by atoms with Gasteiger partial charge in [0, 0.05) is 5.56 Å². The molecule has 1 N–H and O–H groups in total. The van der Waals surface area contributed by atoms with Crippen LogP contribution < -0.4 is 4.72 Å². The number of aryl methyl sites for hydroxylation is 1. The van der Waals surface area contributed by atoms with E-state index in [1.807, 2.05) is 20.8 Å². The number of alkyl halides is 3. The van der Waals surface area contributed by atoms with Crippen LogP contribution in [0.1, 0.15) is 52.3 Å². The van der Waals surface area contributed by atoms with Gasteiger partial charge in [0.15, 0.2) is 5.69 Å². The highest BCUT2D eigenvalue weighted by molar-refractivity contribution is 7.90. The van der Waals surface area contributed by atoms with E-state index in [1.165, 1.54) is 19.2 Å². The maximum absolute atomic E-state index is 13.5. The van der Waals surface area contributed by atoms with Gasteiger partial charge in [0.1, 0.15) is 12.6 Å². The van der Waals surface area contributed by atoms with Crippen molar-refractivity contribution in [2.24, 2.45) is 16.6 Å². The van der Waals surface area contributed by atoms with Crippen molar-refractivity contribution in [3.05, 3.63) is 71.1 Å². The summed E-state index contributed by atoms with van der Waals surface area (Å²) in [6.07, 6.45) is -5.74. The van der Waals surface area contributed by atoms with Crippen molar-refractivity contribution in [1.82, 2.24) is 19.5 Å². The molecule has 0 aliphatic carbocycles. The van der Waals surface area contributed by atoms with Gasteiger partial charge in [0.25, 0.3) is 16.8 Å². The molecule has 268 valence electrons. The fraction of sp³-hybridized carbons (Fsp3) is 0.452. The van der Waals surface area contributed by atoms with Crippen LogP contribution in [0.2, 0.25) is 0 Å². The third kappa shape index (κ3) is 10.8. The summed E-state index contributed by atoms with van der Waals surface area (Å²) >= 11 is 0. The summed E-state index contributed by atoms with van der Waals surface area (Å²) in [7, 11) is -3.14. The molecule has 0 unspecified atom stereocenters. The van der Waals surface area contributed by atoms with E-state index in [-0.39, 0.29) is 27.2 Å². The minimum absolute atomic E-state index is 0.0111. The fourth-order valence-corrected chi connectivity index (χ4v) is 5.11. The topological polar surface area (TPSA) is 167 Å². The Bertz CT molecular complexity index is 1740. The lowest BCUT2D eigenvalue weighted by atomic mass is 9.98. The Kier molecular flexibility index (Phi) is 12.3. The maximum Gasteiger partial charge on any atom is 0.435 e. The van der Waals surface area contributed by atoms with Crippen LogP contribution in [0.25, 0.3) is 16.9 Å². The summed E-state index contributed by atoms with van der Waals surface area (Å²) in [5, 5.41) is 20.5. The molecule has 18 heteroatoms. The van der Waals surface area contributed by atoms with Crippen LogP contribution in [0.15, 0.2) is 64.8 Å². The first-order valence-corrected chi connectivity index (χ1v) is 16.4. The number of carbonyl (C=O) groups excluding carboxylic acids is 2. The van der Waals surface area contributed by atoms with E-state index in [9.17, 15) is 36.4 Å². The molecule has 2 aromatic carbocycles. The number of sulfonamides is 1. The first-order valence-electron chi connectivity index (χ1n) is 14.9. The Morgan fingerprint density at radius 2 is 1.67 bits per heavy atom. The predicted molar refractivity (Wildman–Crippen MR) is 169 cm³/mol. The standard InChI is InChI=1S/C31H39F3N6O8S/c1-20(2)16-24(38(7)40(43)37-48-19-47-28(41)30(4,5)6)18-46-29(42)36-49(44,45)25-14-12-23(13-15-25)39-26(17-27(35-39)31(32,33)34)22-10-8-21(3)9-11-22/h8-15,17,20,24H,16,18-19H2,1-7H3,(H,36,42)/t24-/m0/s1. The highest BCUT2D eigenvalue weighted by Crippen LogP contribution is 2.33. The van der Waals surface area contributed by atoms with E-state index < -0.39 is 58.8 Å². The van der Waals surface area contributed by atoms with Gasteiger partial charge in [-0.15, -0.1) is 5.01 Å². The van der Waals surface area contributed by atoms with Crippen molar-refractivity contribution < 1.29 is 50.5 Å². The molecule has 0 aliphatic rings. The first kappa shape index (κ1) is 38.6. The number of nitrogens with zero attached hydrogens (tertiary/aromatic N) is 5. The van der Waals surface area contributed by atoms with Crippen LogP contribution in [0.5, 0.6) is 0 Å². The summed E-state index contributed by atoms with van der Waals surface area (Å²) in [6.45, 7) is 9.40. The van der Waals surface area contributed by atoms with Crippen molar-refractivity contribution in [2.45, 2.75) is 65.1 Å². The highest BCUT2D eigenvalue weighted by atomic mass is 32.2. The average Bonchev–Trinajstić information content (AvgIpc) is 3.47. The molecule has 3 rings (SSSR count). The molecule has 0 spiro atoms. The molecule has 1 atom stereocenters. The number of likely N-dealkylation sites (N-methyl/N-ethyl adjacent to an activating group) is 1. The van der Waals surface area contributed by atoms with Gasteiger partial charge in [-0.2, -0.15) is 18.3 Å². The zero-order chi connectivity index (χ0) is 36.7. The number of hydrogen-bond acceptors (Lipinski definition) is 10. The van der Waals surface area contributed by atoms with Gasteiger partial charge < -0.3 is 19.5 Å². The van der Waals surface area contributed by atoms with Gasteiger partial charge in [0.05, 0.1) is 33.7 Å². The summed E-state index contributed by atoms with van der Waals surface area (Å²) < 4.78 is 79.3. The number of aromatic nitrogens is 2. The average molecular weight is 713 g/mol. The van der Waals surface area contributed by atoms with Crippen LogP contribution in [0, 0.1) is 23.5 Å². The third-order valence-corrected chi connectivity index (χ3v) is 8.22. The van der Waals surface area contributed by atoms with E-state index in [2.05, 4.69) is 10.4 Å². The Morgan fingerprint density at radius 3 is 2.22 bits per heavy atom. The molecule has 1 heterocycles. The minimum Gasteiger partial charge on any atom is -0.569 e. The number of amides is 1. The largest absolute Gasteiger partial charge is 0.569 e. The normalized spacial score (nSPS) is 13.2. The Morgan fingerprint density at radius 1 is 1.06 bits per heavy atom. The number of halogens is 3. The van der Waals surface area contributed by atoms with Crippen LogP contribution in [0.3, 0.4) is 0 Å². The molecule has 0 aliphatic heterocycles. The lowest BCUT2D eigenvalue weighted by Gasteiger charge is -2.25. The van der Waals surface area contributed by atoms with Crippen molar-refractivity contribution in [1.29, 1.82) is 0 Å². The summed E-state index contributed by atoms with van der Waals surface area (Å²) in [5.74, 6) is -0.557. The lowest BCUT2D eigenvalue weighted by Crippen LogP contribution is -2.43. The Labute approximate surface area is 282 Å². The molecule has 49 heavy (non-hydrogen) atoms. The highest BCUT2D eigenvalue weighted by Gasteiger charge is 2.35. The van der Waals surface area contributed by atoms with Gasteiger partial charge in [0.2, 0.25) is 5.28 Å². The quantitative estimate of drug-likeness (QED) is 0.0556. The molecule has 3 aromatic rings. The van der Waals surface area contributed by atoms with Crippen LogP contribution in [-0.2, 0) is 35.3 Å². The third-order valence-electron chi connectivity index (χ3n) is 6.89. The van der Waals surface area contributed by atoms with Gasteiger partial charge in [-0.1, -0.05) is 43.7 Å². The molecular formula is C31H39F3N6O8S. The summed E-state index contributed by atoms with van der Waals surface area (Å²) in [5.41, 5.74) is -0.293. The van der Waals surface area contributed by atoms with Gasteiger partial charge in [-0.05, 0) is 70.4 Å². The number of benzene rings is 2. The van der Waals surface area contributed by atoms with Crippen molar-refractivity contribution in [3.63, 3.8) is 0 Å². The molecule has 1 aromatic heterocycles. The van der Waals surface area contributed by atoms with E-state index >= 15 is 0 Å². The van der Waals surface area contributed by atoms with E-state index in [0.29, 0.717) is 12.0 Å². The number of hydrogen-bond donors (Lipinski definition) is 1. The molecule has 0 fully saturated rings. The second-order valence-electron chi connectivity index (χ2n) is 12.5. The molecule has 0 radical (unpaired) electrons. The molecule has 0 bridgehead atoms. The van der Waals surface area contributed by atoms with Crippen LogP contribution >= 0.6 is 0 Å². The van der Waals surface area contributed by atoms with Crippen LogP contribution in [0.4, 0.5) is 18.0 Å².